The van der Waals surface area contributed by atoms with Crippen LogP contribution in [-0.4, -0.2) is 73.4 Å². The van der Waals surface area contributed by atoms with E-state index in [0.717, 1.165) is 54.9 Å². The van der Waals surface area contributed by atoms with E-state index >= 15 is 0 Å². The van der Waals surface area contributed by atoms with Gasteiger partial charge in [-0.2, -0.15) is 9.82 Å². The molecule has 214 valence electrons. The van der Waals surface area contributed by atoms with Crippen molar-refractivity contribution in [2.24, 2.45) is 4.99 Å². The van der Waals surface area contributed by atoms with E-state index in [-0.39, 0.29) is 4.90 Å². The van der Waals surface area contributed by atoms with Crippen molar-refractivity contribution in [1.82, 2.24) is 30.5 Å². The second kappa shape index (κ2) is 12.5. The Kier molecular flexibility index (Phi) is 9.05. The number of guanidine groups is 1. The lowest BCUT2D eigenvalue weighted by Gasteiger charge is -2.18. The van der Waals surface area contributed by atoms with Crippen LogP contribution >= 0.6 is 0 Å². The van der Waals surface area contributed by atoms with Gasteiger partial charge in [0.05, 0.1) is 16.6 Å². The largest absolute Gasteiger partial charge is 0.480 e. The molecule has 13 heteroatoms. The summed E-state index contributed by atoms with van der Waals surface area (Å²) >= 11 is 0. The molecule has 5 N–H and O–H groups in total. The van der Waals surface area contributed by atoms with E-state index in [1.54, 1.807) is 50.4 Å². The molecule has 0 radical (unpaired) electrons. The third-order valence-electron chi connectivity index (χ3n) is 6.58. The van der Waals surface area contributed by atoms with Crippen LogP contribution in [0.15, 0.2) is 46.4 Å². The average molecular weight is 570 g/mol. The van der Waals surface area contributed by atoms with Gasteiger partial charge in [0, 0.05) is 43.7 Å². The first kappa shape index (κ1) is 29.0. The number of aliphatic imine (C=N–C) groups is 1. The summed E-state index contributed by atoms with van der Waals surface area (Å²) in [6, 6.07) is 6.98. The molecule has 1 aliphatic heterocycles. The van der Waals surface area contributed by atoms with Gasteiger partial charge in [0.25, 0.3) is 5.91 Å². The van der Waals surface area contributed by atoms with Crippen LogP contribution < -0.4 is 20.7 Å². The second-order valence-corrected chi connectivity index (χ2v) is 11.5. The second-order valence-electron chi connectivity index (χ2n) is 9.88. The smallest absolute Gasteiger partial charge is 0.323 e. The number of nitrogens with zero attached hydrogens (tertiary/aromatic N) is 3. The Labute approximate surface area is 233 Å². The molecule has 1 unspecified atom stereocenters. The van der Waals surface area contributed by atoms with Gasteiger partial charge in [0.2, 0.25) is 10.0 Å². The normalized spacial score (nSPS) is 14.3. The van der Waals surface area contributed by atoms with Gasteiger partial charge in [-0.1, -0.05) is 17.7 Å². The van der Waals surface area contributed by atoms with Crippen molar-refractivity contribution in [3.63, 3.8) is 0 Å². The third kappa shape index (κ3) is 6.96. The molecule has 1 amide bonds. The van der Waals surface area contributed by atoms with Gasteiger partial charge in [-0.3, -0.25) is 19.3 Å². The quantitative estimate of drug-likeness (QED) is 0.216. The Morgan fingerprint density at radius 2 is 1.90 bits per heavy atom. The number of aliphatic carboxylic acids is 1. The molecule has 1 aliphatic rings. The Hall–Kier alpha value is -3.97. The van der Waals surface area contributed by atoms with Gasteiger partial charge in [-0.15, -0.1) is 0 Å². The minimum absolute atomic E-state index is 0.0355. The zero-order valence-electron chi connectivity index (χ0n) is 22.8. The Bertz CT molecular complexity index is 1520. The van der Waals surface area contributed by atoms with Gasteiger partial charge in [-0.25, -0.2) is 8.42 Å². The van der Waals surface area contributed by atoms with Crippen LogP contribution in [0.25, 0.3) is 10.9 Å². The molecule has 40 heavy (non-hydrogen) atoms. The van der Waals surface area contributed by atoms with Crippen LogP contribution in [-0.2, 0) is 21.4 Å². The molecule has 0 fully saturated rings. The lowest BCUT2D eigenvalue weighted by molar-refractivity contribution is -0.138. The highest BCUT2D eigenvalue weighted by molar-refractivity contribution is 7.89. The fourth-order valence-electron chi connectivity index (χ4n) is 4.81. The molecule has 2 heterocycles. The number of sulfonamides is 1. The first-order valence-corrected chi connectivity index (χ1v) is 14.6. The Balaban J connectivity index is 1.36. The molecule has 2 aromatic carbocycles. The van der Waals surface area contributed by atoms with Gasteiger partial charge in [0.15, 0.2) is 5.96 Å². The molecular weight excluding hydrogens is 534 g/mol. The number of amides is 1. The molecule has 12 nitrogen and oxygen atoms in total. The number of carboxylic acids is 1. The maximum atomic E-state index is 13.0. The molecular formula is C27H35N7O5S. The van der Waals surface area contributed by atoms with Gasteiger partial charge in [-0.05, 0) is 62.9 Å². The zero-order valence-corrected chi connectivity index (χ0v) is 23.6. The number of nitrogens with one attached hydrogen (secondary N) is 4. The SMILES string of the molecule is Cc1cc(C)c(S(=O)(=O)NC(CNC(=O)c2ccc3c(cnn3CCCNC3=NCCCN3)c2)C(=O)O)c(C)c1. The average Bonchev–Trinajstić information content (AvgIpc) is 3.30. The van der Waals surface area contributed by atoms with Crippen molar-refractivity contribution in [1.29, 1.82) is 0 Å². The number of carbonyl (C=O) groups excluding carboxylic acids is 1. The van der Waals surface area contributed by atoms with Crippen molar-refractivity contribution >= 4 is 38.8 Å². The van der Waals surface area contributed by atoms with E-state index in [9.17, 15) is 23.1 Å². The number of fused-ring (bicyclic) bond motifs is 1. The summed E-state index contributed by atoms with van der Waals surface area (Å²) < 4.78 is 30.1. The van der Waals surface area contributed by atoms with Crippen LogP contribution in [0.3, 0.4) is 0 Å². The molecule has 4 rings (SSSR count). The first-order chi connectivity index (χ1) is 19.0. The number of aryl methyl sites for hydroxylation is 4. The highest BCUT2D eigenvalue weighted by atomic mass is 32.2. The summed E-state index contributed by atoms with van der Waals surface area (Å²) in [5.74, 6) is -1.10. The highest BCUT2D eigenvalue weighted by Crippen LogP contribution is 2.22. The number of hydrogen-bond acceptors (Lipinski definition) is 8. The molecule has 3 aromatic rings. The summed E-state index contributed by atoms with van der Waals surface area (Å²) in [5.41, 5.74) is 3.10. The van der Waals surface area contributed by atoms with Crippen LogP contribution in [0, 0.1) is 20.8 Å². The summed E-state index contributed by atoms with van der Waals surface area (Å²) in [7, 11) is -4.15. The predicted octanol–water partition coefficient (Wildman–Crippen LogP) is 1.45. The number of aromatic nitrogens is 2. The predicted molar refractivity (Wildman–Crippen MR) is 152 cm³/mol. The summed E-state index contributed by atoms with van der Waals surface area (Å²) in [6.07, 6.45) is 3.54. The first-order valence-electron chi connectivity index (χ1n) is 13.1. The number of carboxylic acid groups (broad SMARTS) is 1. The van der Waals surface area contributed by atoms with Crippen molar-refractivity contribution in [3.8, 4) is 0 Å². The number of benzene rings is 2. The summed E-state index contributed by atoms with van der Waals surface area (Å²) in [6.45, 7) is 7.91. The molecule has 1 aromatic heterocycles. The van der Waals surface area contributed by atoms with Crippen LogP contribution in [0.1, 0.15) is 39.9 Å². The number of carbonyl (C=O) groups is 2. The van der Waals surface area contributed by atoms with Crippen molar-refractivity contribution < 1.29 is 23.1 Å². The molecule has 0 bridgehead atoms. The van der Waals surface area contributed by atoms with Crippen LogP contribution in [0.4, 0.5) is 0 Å². The van der Waals surface area contributed by atoms with Crippen LogP contribution in [0.2, 0.25) is 0 Å². The summed E-state index contributed by atoms with van der Waals surface area (Å²) in [5, 5.41) is 23.9. The molecule has 0 saturated heterocycles. The van der Waals surface area contributed by atoms with E-state index < -0.39 is 34.5 Å². The van der Waals surface area contributed by atoms with Gasteiger partial charge in [0.1, 0.15) is 6.04 Å². The van der Waals surface area contributed by atoms with Crippen LogP contribution in [0.5, 0.6) is 0 Å². The lowest BCUT2D eigenvalue weighted by Crippen LogP contribution is -2.48. The highest BCUT2D eigenvalue weighted by Gasteiger charge is 2.28. The number of rotatable bonds is 11. The van der Waals surface area contributed by atoms with Gasteiger partial charge >= 0.3 is 5.97 Å². The monoisotopic (exact) mass is 569 g/mol. The van der Waals surface area contributed by atoms with E-state index in [1.807, 2.05) is 11.6 Å². The standard InChI is InChI=1S/C27H35N7O5S/c1-17-12-18(2)24(19(3)13-17)40(38,39)33-22(26(36)37)16-31-25(35)20-6-7-23-21(14-20)15-32-34(23)11-5-10-30-27-28-8-4-9-29-27/h6-7,12-15,22,33H,4-5,8-11,16H2,1-3H3,(H,31,35)(H,36,37)(H2,28,29,30). The lowest BCUT2D eigenvalue weighted by atomic mass is 10.1. The van der Waals surface area contributed by atoms with E-state index in [0.29, 0.717) is 23.2 Å². The van der Waals surface area contributed by atoms with Crippen molar-refractivity contribution in [2.75, 3.05) is 26.2 Å². The Morgan fingerprint density at radius 1 is 1.15 bits per heavy atom. The molecule has 0 saturated carbocycles. The van der Waals surface area contributed by atoms with E-state index in [1.165, 1.54) is 0 Å². The minimum atomic E-state index is -4.15. The molecule has 0 aliphatic carbocycles. The zero-order chi connectivity index (χ0) is 28.9. The van der Waals surface area contributed by atoms with Gasteiger partial charge < -0.3 is 21.1 Å². The van der Waals surface area contributed by atoms with Crippen molar-refractivity contribution in [2.45, 2.75) is 51.1 Å². The maximum Gasteiger partial charge on any atom is 0.323 e. The third-order valence-corrected chi connectivity index (χ3v) is 8.35. The van der Waals surface area contributed by atoms with E-state index in [4.69, 9.17) is 0 Å². The maximum absolute atomic E-state index is 13.0. The fraction of sp³-hybridized carbons (Fsp3) is 0.407. The summed E-state index contributed by atoms with van der Waals surface area (Å²) in [4.78, 5) is 29.1. The minimum Gasteiger partial charge on any atom is -0.480 e. The topological polar surface area (TPSA) is 167 Å². The van der Waals surface area contributed by atoms with Crippen molar-refractivity contribution in [3.05, 3.63) is 58.8 Å². The fourth-order valence-corrected chi connectivity index (χ4v) is 6.45. The molecule has 0 spiro atoms. The van der Waals surface area contributed by atoms with E-state index in [2.05, 4.69) is 30.8 Å². The molecule has 1 atom stereocenters. The number of hydrogen-bond donors (Lipinski definition) is 5. The Morgan fingerprint density at radius 3 is 2.58 bits per heavy atom.